The van der Waals surface area contributed by atoms with Crippen LogP contribution >= 0.6 is 0 Å². The Balaban J connectivity index is 1.69. The van der Waals surface area contributed by atoms with Crippen LogP contribution in [-0.4, -0.2) is 57.6 Å². The van der Waals surface area contributed by atoms with Crippen LogP contribution in [0.2, 0.25) is 0 Å². The quantitative estimate of drug-likeness (QED) is 0.354. The molecule has 3 heterocycles. The first-order valence-electron chi connectivity index (χ1n) is 10.6. The smallest absolute Gasteiger partial charge is 0.351 e. The summed E-state index contributed by atoms with van der Waals surface area (Å²) in [6.07, 6.45) is -3.25. The van der Waals surface area contributed by atoms with Crippen LogP contribution < -0.4 is 11.2 Å². The molecule has 0 amide bonds. The molecule has 4 rings (SSSR count). The number of hydrogen-bond acceptors (Lipinski definition) is 11. The highest BCUT2D eigenvalue weighted by molar-refractivity contribution is 6.03. The van der Waals surface area contributed by atoms with Gasteiger partial charge in [-0.15, -0.1) is 0 Å². The number of benzene rings is 1. The molecular formula is C22H23N3O9. The molecule has 1 aromatic carbocycles. The van der Waals surface area contributed by atoms with Gasteiger partial charge < -0.3 is 18.9 Å². The normalized spacial score (nSPS) is 23.8. The van der Waals surface area contributed by atoms with Crippen molar-refractivity contribution in [2.24, 2.45) is 5.92 Å². The Morgan fingerprint density at radius 1 is 1.12 bits per heavy atom. The van der Waals surface area contributed by atoms with Crippen molar-refractivity contribution in [3.8, 4) is 0 Å². The summed E-state index contributed by atoms with van der Waals surface area (Å²) in [6, 6.07) is 7.29. The van der Waals surface area contributed by atoms with Crippen LogP contribution in [0.5, 0.6) is 0 Å². The second-order valence-corrected chi connectivity index (χ2v) is 8.25. The molecule has 0 saturated carbocycles. The molecule has 0 spiro atoms. The molecular weight excluding hydrogens is 450 g/mol. The zero-order valence-electron chi connectivity index (χ0n) is 18.4. The fraction of sp³-hybridized carbons (Fsp3) is 0.409. The predicted molar refractivity (Wildman–Crippen MR) is 113 cm³/mol. The van der Waals surface area contributed by atoms with Crippen molar-refractivity contribution in [3.63, 3.8) is 0 Å². The fourth-order valence-corrected chi connectivity index (χ4v) is 3.78. The van der Waals surface area contributed by atoms with E-state index in [2.05, 4.69) is 4.98 Å². The Labute approximate surface area is 193 Å². The van der Waals surface area contributed by atoms with E-state index in [-0.39, 0.29) is 35.9 Å². The number of nitrogens with zero attached hydrogens (tertiary/aromatic N) is 2. The lowest BCUT2D eigenvalue weighted by Crippen LogP contribution is -2.44. The van der Waals surface area contributed by atoms with Gasteiger partial charge in [0.25, 0.3) is 0 Å². The second kappa shape index (κ2) is 9.61. The van der Waals surface area contributed by atoms with Crippen molar-refractivity contribution in [2.45, 2.75) is 44.8 Å². The van der Waals surface area contributed by atoms with Crippen LogP contribution in [0.25, 0.3) is 0 Å². The average molecular weight is 473 g/mol. The second-order valence-electron chi connectivity index (χ2n) is 8.25. The first-order valence-corrected chi connectivity index (χ1v) is 10.6. The minimum Gasteiger partial charge on any atom is -0.463 e. The molecule has 0 bridgehead atoms. The summed E-state index contributed by atoms with van der Waals surface area (Å²) in [4.78, 5) is 54.0. The lowest BCUT2D eigenvalue weighted by molar-refractivity contribution is -0.151. The minimum absolute atomic E-state index is 0.00168. The van der Waals surface area contributed by atoms with Crippen molar-refractivity contribution in [1.29, 1.82) is 0 Å². The zero-order valence-corrected chi connectivity index (χ0v) is 18.4. The molecule has 0 aliphatic carbocycles. The summed E-state index contributed by atoms with van der Waals surface area (Å²) in [5, 5.41) is 8.99. The van der Waals surface area contributed by atoms with Gasteiger partial charge >= 0.3 is 23.6 Å². The van der Waals surface area contributed by atoms with Gasteiger partial charge in [-0.25, -0.2) is 14.4 Å². The summed E-state index contributed by atoms with van der Waals surface area (Å²) in [5.74, 6) is -2.10. The molecule has 34 heavy (non-hydrogen) atoms. The Morgan fingerprint density at radius 2 is 1.76 bits per heavy atom. The van der Waals surface area contributed by atoms with Gasteiger partial charge in [0, 0.05) is 12.6 Å². The number of hydrogen-bond donors (Lipinski definition) is 2. The number of aromatic nitrogens is 2. The number of ether oxygens (including phenoxy) is 4. The van der Waals surface area contributed by atoms with Gasteiger partial charge in [0.15, 0.2) is 24.3 Å². The van der Waals surface area contributed by atoms with Gasteiger partial charge in [-0.1, -0.05) is 26.0 Å². The number of esters is 3. The van der Waals surface area contributed by atoms with E-state index < -0.39 is 48.1 Å². The average Bonchev–Trinajstić information content (AvgIpc) is 3.12. The van der Waals surface area contributed by atoms with Crippen LogP contribution in [0.15, 0.2) is 41.3 Å². The van der Waals surface area contributed by atoms with Gasteiger partial charge in [0.2, 0.25) is 0 Å². The molecule has 2 aliphatic rings. The summed E-state index contributed by atoms with van der Waals surface area (Å²) in [7, 11) is 0. The van der Waals surface area contributed by atoms with E-state index in [4.69, 9.17) is 24.2 Å². The van der Waals surface area contributed by atoms with Crippen LogP contribution in [0.1, 0.15) is 47.2 Å². The largest absolute Gasteiger partial charge is 0.463 e. The SMILES string of the molecule is CC(C)CC(=O)OC[C@H]1O[C@@H](n2ccc(NO)nc2=O)[C@@H]2OC(=O)c3ccccc3C(=O)O[C@@H]21. The summed E-state index contributed by atoms with van der Waals surface area (Å²) >= 11 is 0. The number of nitrogens with one attached hydrogen (secondary N) is 1. The van der Waals surface area contributed by atoms with Crippen molar-refractivity contribution in [3.05, 3.63) is 58.1 Å². The van der Waals surface area contributed by atoms with Gasteiger partial charge in [-0.05, 0) is 24.1 Å². The van der Waals surface area contributed by atoms with E-state index in [1.165, 1.54) is 24.4 Å². The monoisotopic (exact) mass is 473 g/mol. The van der Waals surface area contributed by atoms with Gasteiger partial charge in [-0.3, -0.25) is 20.0 Å². The van der Waals surface area contributed by atoms with Crippen LogP contribution in [0.3, 0.4) is 0 Å². The Kier molecular flexibility index (Phi) is 6.61. The minimum atomic E-state index is -1.24. The third-order valence-corrected chi connectivity index (χ3v) is 5.34. The third-order valence-electron chi connectivity index (χ3n) is 5.34. The Morgan fingerprint density at radius 3 is 2.35 bits per heavy atom. The fourth-order valence-electron chi connectivity index (χ4n) is 3.78. The van der Waals surface area contributed by atoms with Gasteiger partial charge in [0.1, 0.15) is 12.7 Å². The maximum absolute atomic E-state index is 12.9. The molecule has 2 aliphatic heterocycles. The summed E-state index contributed by atoms with van der Waals surface area (Å²) in [5.41, 5.74) is 0.953. The maximum atomic E-state index is 12.9. The first-order chi connectivity index (χ1) is 16.3. The highest BCUT2D eigenvalue weighted by Crippen LogP contribution is 2.36. The number of carbonyl (C=O) groups excluding carboxylic acids is 3. The van der Waals surface area contributed by atoms with Crippen LogP contribution in [0.4, 0.5) is 5.82 Å². The molecule has 12 nitrogen and oxygen atoms in total. The lowest BCUT2D eigenvalue weighted by atomic mass is 10.0. The molecule has 4 atom stereocenters. The van der Waals surface area contributed by atoms with Gasteiger partial charge in [-0.2, -0.15) is 4.98 Å². The van der Waals surface area contributed by atoms with Crippen molar-refractivity contribution in [2.75, 3.05) is 12.1 Å². The number of carbonyl (C=O) groups is 3. The molecule has 1 fully saturated rings. The van der Waals surface area contributed by atoms with E-state index in [0.717, 1.165) is 4.57 Å². The molecule has 12 heteroatoms. The zero-order chi connectivity index (χ0) is 24.4. The molecule has 0 radical (unpaired) electrons. The van der Waals surface area contributed by atoms with E-state index in [0.29, 0.717) is 0 Å². The topological polar surface area (TPSA) is 155 Å². The molecule has 0 unspecified atom stereocenters. The van der Waals surface area contributed by atoms with Crippen molar-refractivity contribution in [1.82, 2.24) is 9.55 Å². The van der Waals surface area contributed by atoms with Crippen molar-refractivity contribution < 1.29 is 38.5 Å². The summed E-state index contributed by atoms with van der Waals surface area (Å²) < 4.78 is 23.5. The molecule has 1 saturated heterocycles. The standard InChI is InChI=1S/C22H23N3O9/c1-11(2)9-16(26)31-10-14-17-18(19(32-14)25-8-7-15(24-30)23-22(25)29)34-21(28)13-6-4-3-5-12(13)20(27)33-17/h3-8,11,14,17-19,30H,9-10H2,1-2H3,(H,23,24,29)/t14-,17-,18-,19-/m1/s1. The van der Waals surface area contributed by atoms with E-state index >= 15 is 0 Å². The Bertz CT molecular complexity index is 1160. The Hall–Kier alpha value is -3.77. The van der Waals surface area contributed by atoms with E-state index in [1.807, 2.05) is 13.8 Å². The number of fused-ring (bicyclic) bond motifs is 2. The highest BCUT2D eigenvalue weighted by Gasteiger charge is 2.52. The van der Waals surface area contributed by atoms with Crippen molar-refractivity contribution >= 4 is 23.7 Å². The summed E-state index contributed by atoms with van der Waals surface area (Å²) in [6.45, 7) is 3.42. The predicted octanol–water partition coefficient (Wildman–Crippen LogP) is 1.30. The van der Waals surface area contributed by atoms with Crippen LogP contribution in [-0.2, 0) is 23.7 Å². The molecule has 2 N–H and O–H groups in total. The first kappa shape index (κ1) is 23.4. The third kappa shape index (κ3) is 4.63. The molecule has 180 valence electrons. The highest BCUT2D eigenvalue weighted by atomic mass is 16.7. The molecule has 1 aromatic heterocycles. The van der Waals surface area contributed by atoms with Crippen LogP contribution in [0, 0.1) is 5.92 Å². The van der Waals surface area contributed by atoms with E-state index in [9.17, 15) is 19.2 Å². The lowest BCUT2D eigenvalue weighted by Gasteiger charge is -2.27. The van der Waals surface area contributed by atoms with E-state index in [1.54, 1.807) is 17.6 Å². The maximum Gasteiger partial charge on any atom is 0.351 e. The number of anilines is 1. The number of rotatable bonds is 6. The molecule has 2 aromatic rings. The van der Waals surface area contributed by atoms with Gasteiger partial charge in [0.05, 0.1) is 11.1 Å².